The van der Waals surface area contributed by atoms with Crippen molar-refractivity contribution in [3.63, 3.8) is 0 Å². The van der Waals surface area contributed by atoms with E-state index in [9.17, 15) is 18.5 Å². The zero-order valence-electron chi connectivity index (χ0n) is 12.1. The Balaban J connectivity index is 3.31. The number of nitrogens with zero attached hydrogens (tertiary/aromatic N) is 1. The van der Waals surface area contributed by atoms with E-state index in [0.29, 0.717) is 5.56 Å². The number of nitrogens with one attached hydrogen (secondary N) is 1. The number of benzene rings is 1. The highest BCUT2D eigenvalue weighted by Crippen LogP contribution is 2.31. The predicted molar refractivity (Wildman–Crippen MR) is 77.8 cm³/mol. The highest BCUT2D eigenvalue weighted by molar-refractivity contribution is 7.90. The third-order valence-corrected chi connectivity index (χ3v) is 4.50. The molecule has 1 rings (SSSR count). The van der Waals surface area contributed by atoms with E-state index in [-0.39, 0.29) is 22.5 Å². The molecule has 0 bridgehead atoms. The summed E-state index contributed by atoms with van der Waals surface area (Å²) in [4.78, 5) is 10.6. The molecule has 0 amide bonds. The molecular formula is C13H20N2O4S. The van der Waals surface area contributed by atoms with Gasteiger partial charge in [0, 0.05) is 29.8 Å². The van der Waals surface area contributed by atoms with Gasteiger partial charge in [0.15, 0.2) is 9.84 Å². The lowest BCUT2D eigenvalue weighted by Gasteiger charge is -2.21. The first-order valence-electron chi connectivity index (χ1n) is 6.40. The van der Waals surface area contributed by atoms with Crippen LogP contribution in [-0.4, -0.2) is 32.2 Å². The largest absolute Gasteiger partial charge is 0.314 e. The molecule has 0 aliphatic rings. The molecule has 7 heteroatoms. The molecular weight excluding hydrogens is 280 g/mol. The molecule has 0 saturated heterocycles. The van der Waals surface area contributed by atoms with Crippen LogP contribution in [0.3, 0.4) is 0 Å². The molecule has 0 aliphatic heterocycles. The van der Waals surface area contributed by atoms with Crippen LogP contribution in [0.1, 0.15) is 32.3 Å². The minimum atomic E-state index is -3.45. The predicted octanol–water partition coefficient (Wildman–Crippen LogP) is 2.10. The van der Waals surface area contributed by atoms with Crippen LogP contribution < -0.4 is 5.32 Å². The zero-order chi connectivity index (χ0) is 15.5. The number of rotatable bonds is 6. The van der Waals surface area contributed by atoms with Crippen LogP contribution in [0, 0.1) is 10.1 Å². The summed E-state index contributed by atoms with van der Waals surface area (Å²) in [6.07, 6.45) is 1.04. The van der Waals surface area contributed by atoms with E-state index in [0.717, 1.165) is 18.9 Å². The van der Waals surface area contributed by atoms with Crippen molar-refractivity contribution in [1.29, 1.82) is 0 Å². The number of hydrogen-bond donors (Lipinski definition) is 1. The van der Waals surface area contributed by atoms with Crippen molar-refractivity contribution in [2.45, 2.75) is 37.6 Å². The molecule has 0 spiro atoms. The quantitative estimate of drug-likeness (QED) is 0.642. The van der Waals surface area contributed by atoms with Crippen molar-refractivity contribution < 1.29 is 13.3 Å². The molecule has 1 aromatic carbocycles. The Morgan fingerprint density at radius 2 is 1.95 bits per heavy atom. The Labute approximate surface area is 119 Å². The molecule has 2 atom stereocenters. The maximum atomic E-state index is 11.5. The molecule has 1 N–H and O–H groups in total. The highest BCUT2D eigenvalue weighted by Gasteiger charge is 2.24. The summed E-state index contributed by atoms with van der Waals surface area (Å²) in [7, 11) is -3.45. The molecule has 0 fully saturated rings. The van der Waals surface area contributed by atoms with Gasteiger partial charge in [-0.25, -0.2) is 8.42 Å². The van der Waals surface area contributed by atoms with Crippen LogP contribution >= 0.6 is 0 Å². The molecule has 0 aliphatic carbocycles. The van der Waals surface area contributed by atoms with Gasteiger partial charge < -0.3 is 5.32 Å². The summed E-state index contributed by atoms with van der Waals surface area (Å²) in [5.74, 6) is -0.0936. The topological polar surface area (TPSA) is 89.3 Å². The van der Waals surface area contributed by atoms with E-state index in [4.69, 9.17) is 0 Å². The molecule has 6 nitrogen and oxygen atoms in total. The molecule has 0 radical (unpaired) electrons. The Kier molecular flexibility index (Phi) is 5.24. The third kappa shape index (κ3) is 3.77. The fourth-order valence-electron chi connectivity index (χ4n) is 2.07. The van der Waals surface area contributed by atoms with E-state index in [1.807, 2.05) is 20.8 Å². The first kappa shape index (κ1) is 16.6. The molecule has 1 aromatic rings. The van der Waals surface area contributed by atoms with Gasteiger partial charge in [-0.1, -0.05) is 19.9 Å². The summed E-state index contributed by atoms with van der Waals surface area (Å²) < 4.78 is 23.0. The van der Waals surface area contributed by atoms with E-state index in [2.05, 4.69) is 5.32 Å². The Morgan fingerprint density at radius 1 is 1.35 bits per heavy atom. The van der Waals surface area contributed by atoms with Crippen LogP contribution in [-0.2, 0) is 9.84 Å². The lowest BCUT2D eigenvalue weighted by Crippen LogP contribution is -2.30. The van der Waals surface area contributed by atoms with E-state index >= 15 is 0 Å². The van der Waals surface area contributed by atoms with Gasteiger partial charge in [0.1, 0.15) is 0 Å². The highest BCUT2D eigenvalue weighted by atomic mass is 32.2. The number of hydrogen-bond acceptors (Lipinski definition) is 5. The van der Waals surface area contributed by atoms with Crippen LogP contribution in [0.5, 0.6) is 0 Å². The summed E-state index contributed by atoms with van der Waals surface area (Å²) in [5, 5.41) is 14.4. The summed E-state index contributed by atoms with van der Waals surface area (Å²) >= 11 is 0. The Hall–Kier alpha value is -1.47. The second kappa shape index (κ2) is 6.32. The molecule has 0 saturated carbocycles. The molecule has 0 aromatic heterocycles. The number of sulfone groups is 1. The SMILES string of the molecule is CCNC(C)C(C)c1ccc(S(C)(=O)=O)cc1[N+](=O)[O-]. The van der Waals surface area contributed by atoms with Crippen LogP contribution in [0.15, 0.2) is 23.1 Å². The van der Waals surface area contributed by atoms with Gasteiger partial charge in [-0.15, -0.1) is 0 Å². The molecule has 20 heavy (non-hydrogen) atoms. The number of likely N-dealkylation sites (N-methyl/N-ethyl adjacent to an activating group) is 1. The summed E-state index contributed by atoms with van der Waals surface area (Å²) in [6, 6.07) is 4.16. The summed E-state index contributed by atoms with van der Waals surface area (Å²) in [5.41, 5.74) is 0.390. The van der Waals surface area contributed by atoms with Gasteiger partial charge in [-0.05, 0) is 19.5 Å². The standard InChI is InChI=1S/C13H20N2O4S/c1-5-14-10(3)9(2)12-7-6-11(20(4,18)19)8-13(12)15(16)17/h6-10,14H,5H2,1-4H3. The van der Waals surface area contributed by atoms with Gasteiger partial charge in [0.05, 0.1) is 9.82 Å². The monoisotopic (exact) mass is 300 g/mol. The van der Waals surface area contributed by atoms with Gasteiger partial charge in [-0.3, -0.25) is 10.1 Å². The molecule has 112 valence electrons. The van der Waals surface area contributed by atoms with Gasteiger partial charge in [-0.2, -0.15) is 0 Å². The molecule has 0 heterocycles. The smallest absolute Gasteiger partial charge is 0.274 e. The van der Waals surface area contributed by atoms with Gasteiger partial charge >= 0.3 is 0 Å². The zero-order valence-corrected chi connectivity index (χ0v) is 12.9. The van der Waals surface area contributed by atoms with Crippen molar-refractivity contribution in [2.24, 2.45) is 0 Å². The van der Waals surface area contributed by atoms with Crippen molar-refractivity contribution in [3.8, 4) is 0 Å². The van der Waals surface area contributed by atoms with Gasteiger partial charge in [0.25, 0.3) is 5.69 Å². The van der Waals surface area contributed by atoms with Crippen molar-refractivity contribution in [1.82, 2.24) is 5.32 Å². The fourth-order valence-corrected chi connectivity index (χ4v) is 2.71. The Morgan fingerprint density at radius 3 is 2.40 bits per heavy atom. The van der Waals surface area contributed by atoms with Crippen LogP contribution in [0.4, 0.5) is 5.69 Å². The first-order chi connectivity index (χ1) is 9.18. The van der Waals surface area contributed by atoms with Crippen molar-refractivity contribution in [2.75, 3.05) is 12.8 Å². The number of nitro groups is 1. The van der Waals surface area contributed by atoms with E-state index in [1.54, 1.807) is 0 Å². The average molecular weight is 300 g/mol. The first-order valence-corrected chi connectivity index (χ1v) is 8.29. The minimum absolute atomic E-state index is 0.0312. The fraction of sp³-hybridized carbons (Fsp3) is 0.538. The minimum Gasteiger partial charge on any atom is -0.314 e. The van der Waals surface area contributed by atoms with E-state index in [1.165, 1.54) is 12.1 Å². The van der Waals surface area contributed by atoms with Crippen LogP contribution in [0.2, 0.25) is 0 Å². The normalized spacial score (nSPS) is 14.8. The summed E-state index contributed by atoms with van der Waals surface area (Å²) in [6.45, 7) is 6.56. The lowest BCUT2D eigenvalue weighted by atomic mass is 9.93. The average Bonchev–Trinajstić information content (AvgIpc) is 2.36. The Bertz CT molecular complexity index is 598. The van der Waals surface area contributed by atoms with Gasteiger partial charge in [0.2, 0.25) is 0 Å². The lowest BCUT2D eigenvalue weighted by molar-refractivity contribution is -0.386. The van der Waals surface area contributed by atoms with Crippen molar-refractivity contribution >= 4 is 15.5 Å². The second-order valence-electron chi connectivity index (χ2n) is 4.88. The molecule has 2 unspecified atom stereocenters. The third-order valence-electron chi connectivity index (χ3n) is 3.39. The van der Waals surface area contributed by atoms with Crippen molar-refractivity contribution in [3.05, 3.63) is 33.9 Å². The maximum Gasteiger partial charge on any atom is 0.274 e. The van der Waals surface area contributed by atoms with Crippen LogP contribution in [0.25, 0.3) is 0 Å². The maximum absolute atomic E-state index is 11.5. The second-order valence-corrected chi connectivity index (χ2v) is 6.90. The van der Waals surface area contributed by atoms with E-state index < -0.39 is 14.8 Å². The number of nitro benzene ring substituents is 1.